The van der Waals surface area contributed by atoms with Crippen LogP contribution in [0.2, 0.25) is 0 Å². The predicted octanol–water partition coefficient (Wildman–Crippen LogP) is 6.75. The van der Waals surface area contributed by atoms with E-state index in [9.17, 15) is 4.39 Å². The molecule has 0 saturated heterocycles. The fourth-order valence-electron chi connectivity index (χ4n) is 3.58. The Morgan fingerprint density at radius 3 is 2.29 bits per heavy atom. The number of halogens is 1. The lowest BCUT2D eigenvalue weighted by Gasteiger charge is -2.25. The van der Waals surface area contributed by atoms with Crippen LogP contribution in [0.1, 0.15) is 49.9 Å². The van der Waals surface area contributed by atoms with Crippen LogP contribution in [-0.4, -0.2) is 0 Å². The van der Waals surface area contributed by atoms with Crippen molar-refractivity contribution in [2.24, 2.45) is 0 Å². The van der Waals surface area contributed by atoms with Gasteiger partial charge in [-0.3, -0.25) is 0 Å². The highest BCUT2D eigenvalue weighted by atomic mass is 19.1. The van der Waals surface area contributed by atoms with Crippen LogP contribution in [0, 0.1) is 5.82 Å². The summed E-state index contributed by atoms with van der Waals surface area (Å²) in [5.41, 5.74) is 7.65. The van der Waals surface area contributed by atoms with E-state index in [1.807, 2.05) is 26.0 Å². The first-order valence-electron chi connectivity index (χ1n) is 8.63. The zero-order valence-electron chi connectivity index (χ0n) is 14.8. The summed E-state index contributed by atoms with van der Waals surface area (Å²) in [7, 11) is 0. The van der Waals surface area contributed by atoms with E-state index in [-0.39, 0.29) is 5.82 Å². The first kappa shape index (κ1) is 16.4. The molecule has 0 aliphatic heterocycles. The lowest BCUT2D eigenvalue weighted by Crippen LogP contribution is -2.08. The van der Waals surface area contributed by atoms with Crippen LogP contribution in [0.25, 0.3) is 16.3 Å². The minimum Gasteiger partial charge on any atom is -0.206 e. The Morgan fingerprint density at radius 2 is 1.54 bits per heavy atom. The monoisotopic (exact) mass is 318 g/mol. The van der Waals surface area contributed by atoms with Crippen LogP contribution >= 0.6 is 0 Å². The highest BCUT2D eigenvalue weighted by Crippen LogP contribution is 2.41. The van der Waals surface area contributed by atoms with Gasteiger partial charge in [0.15, 0.2) is 0 Å². The molecule has 0 radical (unpaired) electrons. The van der Waals surface area contributed by atoms with Crippen LogP contribution in [0.3, 0.4) is 0 Å². The fourth-order valence-corrected chi connectivity index (χ4v) is 3.58. The molecular formula is C23H23F. The minimum atomic E-state index is -0.146. The van der Waals surface area contributed by atoms with Crippen LogP contribution < -0.4 is 0 Å². The Bertz CT molecular complexity index is 928. The van der Waals surface area contributed by atoms with Gasteiger partial charge in [0, 0.05) is 5.39 Å². The Morgan fingerprint density at radius 1 is 0.792 bits per heavy atom. The van der Waals surface area contributed by atoms with Gasteiger partial charge in [0.25, 0.3) is 0 Å². The summed E-state index contributed by atoms with van der Waals surface area (Å²) in [5, 5.41) is 1.72. The van der Waals surface area contributed by atoms with Gasteiger partial charge in [0.05, 0.1) is 0 Å². The van der Waals surface area contributed by atoms with Gasteiger partial charge in [-0.1, -0.05) is 68.0 Å². The molecule has 0 fully saturated rings. The smallest absolute Gasteiger partial charge is 0.131 e. The molecule has 3 aromatic carbocycles. The molecule has 4 rings (SSSR count). The third kappa shape index (κ3) is 2.54. The van der Waals surface area contributed by atoms with Crippen LogP contribution in [0.15, 0.2) is 60.2 Å². The van der Waals surface area contributed by atoms with Gasteiger partial charge < -0.3 is 0 Å². The first-order valence-corrected chi connectivity index (χ1v) is 8.63. The Hall–Kier alpha value is -2.41. The second-order valence-electron chi connectivity index (χ2n) is 6.14. The summed E-state index contributed by atoms with van der Waals surface area (Å²) in [6.45, 7) is 8.28. The average molecular weight is 318 g/mol. The van der Waals surface area contributed by atoms with Gasteiger partial charge in [0.2, 0.25) is 0 Å². The summed E-state index contributed by atoms with van der Waals surface area (Å²) in [6, 6.07) is 17.9. The van der Waals surface area contributed by atoms with E-state index in [0.29, 0.717) is 5.39 Å². The second kappa shape index (κ2) is 6.60. The summed E-state index contributed by atoms with van der Waals surface area (Å²) >= 11 is 0. The zero-order chi connectivity index (χ0) is 17.3. The van der Waals surface area contributed by atoms with E-state index in [1.54, 1.807) is 6.07 Å². The molecule has 0 N–H and O–H groups in total. The molecule has 0 nitrogen and oxygen atoms in total. The first-order chi connectivity index (χ1) is 11.7. The van der Waals surface area contributed by atoms with E-state index >= 15 is 0 Å². The van der Waals surface area contributed by atoms with Crippen molar-refractivity contribution in [3.05, 3.63) is 88.2 Å². The van der Waals surface area contributed by atoms with E-state index in [0.717, 1.165) is 11.8 Å². The molecule has 1 aliphatic carbocycles. The molecule has 0 amide bonds. The summed E-state index contributed by atoms with van der Waals surface area (Å²) in [5.74, 6) is -0.146. The second-order valence-corrected chi connectivity index (χ2v) is 6.14. The maximum Gasteiger partial charge on any atom is 0.131 e. The molecule has 3 aromatic rings. The van der Waals surface area contributed by atoms with Gasteiger partial charge >= 0.3 is 0 Å². The molecule has 122 valence electrons. The molecule has 0 atom stereocenters. The molecule has 0 unspecified atom stereocenters. The molecule has 0 spiro atoms. The molecule has 1 heteroatoms. The lowest BCUT2D eigenvalue weighted by molar-refractivity contribution is 0.640. The standard InChI is InChI=1S/C21H17F.C2H6/c1-13(2)20-16-7-4-3-6-14(16)12-15-10-11-17-18(21(15)20)8-5-9-19(17)22;1-2/h3-11H,12H2,1-2H3;1-2H3. The van der Waals surface area contributed by atoms with E-state index in [2.05, 4.69) is 44.2 Å². The van der Waals surface area contributed by atoms with Crippen molar-refractivity contribution in [1.82, 2.24) is 0 Å². The van der Waals surface area contributed by atoms with Crippen LogP contribution in [0.4, 0.5) is 4.39 Å². The molecule has 0 heterocycles. The van der Waals surface area contributed by atoms with E-state index in [4.69, 9.17) is 0 Å². The topological polar surface area (TPSA) is 0 Å². The van der Waals surface area contributed by atoms with Crippen molar-refractivity contribution in [2.45, 2.75) is 34.1 Å². The molecule has 0 saturated carbocycles. The quantitative estimate of drug-likeness (QED) is 0.336. The molecule has 1 aliphatic rings. The number of hydrogen-bond acceptors (Lipinski definition) is 0. The number of fused-ring (bicyclic) bond motifs is 4. The maximum atomic E-state index is 14.2. The third-order valence-corrected chi connectivity index (χ3v) is 4.51. The highest BCUT2D eigenvalue weighted by molar-refractivity contribution is 6.01. The van der Waals surface area contributed by atoms with Crippen molar-refractivity contribution in [3.63, 3.8) is 0 Å². The summed E-state index contributed by atoms with van der Waals surface area (Å²) < 4.78 is 14.2. The zero-order valence-corrected chi connectivity index (χ0v) is 14.8. The maximum absolute atomic E-state index is 14.2. The van der Waals surface area contributed by atoms with Crippen molar-refractivity contribution >= 4 is 16.3 Å². The Balaban J connectivity index is 0.000000815. The predicted molar refractivity (Wildman–Crippen MR) is 102 cm³/mol. The number of hydrogen-bond donors (Lipinski definition) is 0. The summed E-state index contributed by atoms with van der Waals surface area (Å²) in [4.78, 5) is 0. The highest BCUT2D eigenvalue weighted by Gasteiger charge is 2.23. The number of rotatable bonds is 0. The third-order valence-electron chi connectivity index (χ3n) is 4.51. The molecule has 0 aromatic heterocycles. The van der Waals surface area contributed by atoms with Crippen molar-refractivity contribution < 1.29 is 4.39 Å². The van der Waals surface area contributed by atoms with Gasteiger partial charge in [-0.15, -0.1) is 0 Å². The summed E-state index contributed by atoms with van der Waals surface area (Å²) in [6.07, 6.45) is 0.911. The van der Waals surface area contributed by atoms with Gasteiger partial charge in [-0.05, 0) is 59.5 Å². The van der Waals surface area contributed by atoms with Crippen molar-refractivity contribution in [2.75, 3.05) is 0 Å². The fraction of sp³-hybridized carbons (Fsp3) is 0.217. The van der Waals surface area contributed by atoms with Gasteiger partial charge in [-0.25, -0.2) is 4.39 Å². The number of benzene rings is 3. The van der Waals surface area contributed by atoms with Gasteiger partial charge in [0.1, 0.15) is 5.82 Å². The van der Waals surface area contributed by atoms with Crippen molar-refractivity contribution in [3.8, 4) is 0 Å². The van der Waals surface area contributed by atoms with Crippen LogP contribution in [0.5, 0.6) is 0 Å². The van der Waals surface area contributed by atoms with Crippen molar-refractivity contribution in [1.29, 1.82) is 0 Å². The normalized spacial score (nSPS) is 12.1. The minimum absolute atomic E-state index is 0.146. The molecular weight excluding hydrogens is 295 g/mol. The van der Waals surface area contributed by atoms with Crippen LogP contribution in [-0.2, 0) is 6.42 Å². The largest absolute Gasteiger partial charge is 0.206 e. The molecule has 24 heavy (non-hydrogen) atoms. The Kier molecular flexibility index (Phi) is 4.53. The average Bonchev–Trinajstić information content (AvgIpc) is 2.61. The number of allylic oxidation sites excluding steroid dienone is 1. The van der Waals surface area contributed by atoms with Gasteiger partial charge in [-0.2, -0.15) is 0 Å². The van der Waals surface area contributed by atoms with E-state index < -0.39 is 0 Å². The SMILES string of the molecule is CC.CC(C)=C1c2ccccc2Cc2ccc3c(F)cccc3c21. The Labute approximate surface area is 143 Å². The molecule has 0 bridgehead atoms. The van der Waals surface area contributed by atoms with E-state index in [1.165, 1.54) is 39.5 Å². The lowest BCUT2D eigenvalue weighted by atomic mass is 9.78.